The third kappa shape index (κ3) is 13.5. The van der Waals surface area contributed by atoms with Gasteiger partial charge in [-0.25, -0.2) is 0 Å². The summed E-state index contributed by atoms with van der Waals surface area (Å²) in [6.07, 6.45) is -24.0. The number of hydrogen-bond donors (Lipinski definition) is 15. The number of hydrogen-bond acceptors (Lipinski definition) is 25. The number of ether oxygens (including phenoxy) is 10. The molecule has 0 aromatic rings. The fourth-order valence-electron chi connectivity index (χ4n) is 9.85. The van der Waals surface area contributed by atoms with E-state index in [1.807, 2.05) is 0 Å². The molecule has 25 heteroatoms. The molecule has 5 aliphatic heterocycles. The molecule has 10 unspecified atom stereocenters. The molecule has 0 amide bonds. The van der Waals surface area contributed by atoms with Crippen molar-refractivity contribution in [2.45, 2.75) is 135 Å². The second-order valence-corrected chi connectivity index (χ2v) is 18.2. The van der Waals surface area contributed by atoms with Crippen LogP contribution in [0.3, 0.4) is 0 Å². The molecule has 5 fully saturated rings. The predicted octanol–water partition coefficient (Wildman–Crippen LogP) is -8.40. The van der Waals surface area contributed by atoms with Crippen molar-refractivity contribution in [3.63, 3.8) is 0 Å². The van der Waals surface area contributed by atoms with Crippen molar-refractivity contribution in [1.29, 1.82) is 0 Å². The zero-order chi connectivity index (χ0) is 49.1. The van der Waals surface area contributed by atoms with Crippen LogP contribution in [-0.2, 0) is 47.4 Å². The second-order valence-electron chi connectivity index (χ2n) is 18.2. The summed E-state index contributed by atoms with van der Waals surface area (Å²) in [6, 6.07) is 0. The smallest absolute Gasteiger partial charge is 0.110 e. The summed E-state index contributed by atoms with van der Waals surface area (Å²) in [6.45, 7) is -3.26. The lowest BCUT2D eigenvalue weighted by Crippen LogP contribution is -2.60. The zero-order valence-corrected chi connectivity index (χ0v) is 37.8. The van der Waals surface area contributed by atoms with E-state index in [9.17, 15) is 76.6 Å². The Kier molecular flexibility index (Phi) is 23.1. The minimum absolute atomic E-state index is 0.0199. The monoisotopic (exact) mass is 980 g/mol. The number of aliphatic hydroxyl groups is 15. The highest BCUT2D eigenvalue weighted by atomic mass is 16.6. The van der Waals surface area contributed by atoms with Gasteiger partial charge in [0, 0.05) is 36.7 Å². The fourth-order valence-corrected chi connectivity index (χ4v) is 9.85. The van der Waals surface area contributed by atoms with Gasteiger partial charge >= 0.3 is 0 Å². The van der Waals surface area contributed by atoms with Crippen LogP contribution in [0.2, 0.25) is 0 Å². The summed E-state index contributed by atoms with van der Waals surface area (Å²) >= 11 is 0. The van der Waals surface area contributed by atoms with Crippen LogP contribution in [0.15, 0.2) is 0 Å². The highest BCUT2D eigenvalue weighted by molar-refractivity contribution is 4.97. The first-order chi connectivity index (χ1) is 32.1. The lowest BCUT2D eigenvalue weighted by atomic mass is 9.85. The average Bonchev–Trinajstić information content (AvgIpc) is 3.32. The van der Waals surface area contributed by atoms with Crippen LogP contribution in [0.5, 0.6) is 0 Å². The second kappa shape index (κ2) is 27.2. The van der Waals surface area contributed by atoms with Gasteiger partial charge < -0.3 is 124 Å². The van der Waals surface area contributed by atoms with Gasteiger partial charge in [-0.15, -0.1) is 0 Å². The normalized spacial score (nSPS) is 46.4. The fraction of sp³-hybridized carbons (Fsp3) is 1.00. The molecule has 0 aromatic carbocycles. The molecule has 5 saturated heterocycles. The summed E-state index contributed by atoms with van der Waals surface area (Å²) in [4.78, 5) is 0. The maximum atomic E-state index is 11.1. The van der Waals surface area contributed by atoms with Crippen LogP contribution in [-0.4, -0.2) is 298 Å². The standard InChI is InChI=1S/C42H76O25/c1-3-18-23(4-43)63-29(39(54)33(18)48)14-59-10-20-25(6-45)65-31(41(56)35(20)50)16-61-12-22-27(8-47)67-32(42(57)37(22)52)17-62-11-21-26(7-46)66-30(40(55)36(21)51)15-60-9-19-24(5-44)64-28(13-58-2)38(53)34(19)49/h18-57H,3-17H2,1-2H3/t18-,19-,20-,21-,22-,23?,24?,25?,26?,27?,28-,29-,30-,31-,32-,33-,34-,35-,36-,37-,38?,39?,40?,41?,42?/m1/s1. The minimum Gasteiger partial charge on any atom is -0.394 e. The van der Waals surface area contributed by atoms with E-state index in [1.54, 1.807) is 6.92 Å². The Bertz CT molecular complexity index is 1380. The summed E-state index contributed by atoms with van der Waals surface area (Å²) in [5.74, 6) is -4.28. The van der Waals surface area contributed by atoms with Gasteiger partial charge in [-0.2, -0.15) is 0 Å². The van der Waals surface area contributed by atoms with Crippen LogP contribution in [0.4, 0.5) is 0 Å². The van der Waals surface area contributed by atoms with Crippen LogP contribution < -0.4 is 0 Å². The van der Waals surface area contributed by atoms with Crippen molar-refractivity contribution in [3.05, 3.63) is 0 Å². The van der Waals surface area contributed by atoms with Gasteiger partial charge in [-0.3, -0.25) is 0 Å². The largest absolute Gasteiger partial charge is 0.394 e. The topological polar surface area (TPSA) is 396 Å². The van der Waals surface area contributed by atoms with Crippen molar-refractivity contribution >= 4 is 0 Å². The third-order valence-corrected chi connectivity index (χ3v) is 14.1. The van der Waals surface area contributed by atoms with Gasteiger partial charge in [0.25, 0.3) is 0 Å². The quantitative estimate of drug-likeness (QED) is 0.0427. The maximum absolute atomic E-state index is 11.1. The molecular weight excluding hydrogens is 904 g/mol. The summed E-state index contributed by atoms with van der Waals surface area (Å²) in [5.41, 5.74) is 0. The van der Waals surface area contributed by atoms with Crippen LogP contribution >= 0.6 is 0 Å². The first-order valence-electron chi connectivity index (χ1n) is 23.0. The average molecular weight is 981 g/mol. The number of rotatable bonds is 24. The van der Waals surface area contributed by atoms with Crippen molar-refractivity contribution in [2.75, 3.05) is 99.6 Å². The highest BCUT2D eigenvalue weighted by Gasteiger charge is 2.50. The first kappa shape index (κ1) is 56.9. The molecule has 0 radical (unpaired) electrons. The Morgan fingerprint density at radius 1 is 0.284 bits per heavy atom. The lowest BCUT2D eigenvalue weighted by molar-refractivity contribution is -0.252. The van der Waals surface area contributed by atoms with Crippen molar-refractivity contribution in [3.8, 4) is 0 Å². The van der Waals surface area contributed by atoms with Gasteiger partial charge in [0.2, 0.25) is 0 Å². The van der Waals surface area contributed by atoms with Crippen LogP contribution in [0.25, 0.3) is 0 Å². The molecule has 0 saturated carbocycles. The van der Waals surface area contributed by atoms with Crippen LogP contribution in [0.1, 0.15) is 13.3 Å². The minimum atomic E-state index is -1.57. The van der Waals surface area contributed by atoms with Crippen molar-refractivity contribution in [2.24, 2.45) is 29.6 Å². The van der Waals surface area contributed by atoms with Gasteiger partial charge in [-0.05, 0) is 6.42 Å². The van der Waals surface area contributed by atoms with E-state index in [-0.39, 0.29) is 66.1 Å². The molecule has 394 valence electrons. The van der Waals surface area contributed by atoms with Gasteiger partial charge in [0.05, 0.1) is 154 Å². The number of methoxy groups -OCH3 is 1. The predicted molar refractivity (Wildman–Crippen MR) is 222 cm³/mol. The molecular formula is C42H76O25. The van der Waals surface area contributed by atoms with Gasteiger partial charge in [0.1, 0.15) is 61.0 Å². The molecule has 67 heavy (non-hydrogen) atoms. The van der Waals surface area contributed by atoms with Crippen molar-refractivity contribution < 1.29 is 124 Å². The lowest BCUT2D eigenvalue weighted by Gasteiger charge is -2.44. The molecule has 5 rings (SSSR count). The van der Waals surface area contributed by atoms with E-state index in [4.69, 9.17) is 47.4 Å². The molecule has 25 nitrogen and oxygen atoms in total. The van der Waals surface area contributed by atoms with Crippen molar-refractivity contribution in [1.82, 2.24) is 0 Å². The van der Waals surface area contributed by atoms with Gasteiger partial charge in [0.15, 0.2) is 0 Å². The number of aliphatic hydroxyl groups excluding tert-OH is 15. The first-order valence-corrected chi connectivity index (χ1v) is 23.0. The molecule has 0 aliphatic carbocycles. The Balaban J connectivity index is 1.05. The van der Waals surface area contributed by atoms with E-state index in [0.717, 1.165) is 0 Å². The SMILES string of the molecule is CC[C@@H]1C(CO)O[C@H](COC[C@@H]2C(CO)O[C@H](COC[C@@H]3C(CO)O[C@H](COC[C@@H]4C(CO)O[C@H](COC[C@@H]5C(CO)O[C@H](COC)C(O)[C@@H]5O)C(O)[C@@H]4O)C(O)[C@@H]3O)C(O)[C@@H]2O)C(O)[C@@H]1O. The van der Waals surface area contributed by atoms with E-state index in [2.05, 4.69) is 0 Å². The third-order valence-electron chi connectivity index (χ3n) is 14.1. The molecule has 0 bridgehead atoms. The Morgan fingerprint density at radius 2 is 0.493 bits per heavy atom. The Labute approximate surface area is 388 Å². The molecule has 5 aliphatic rings. The zero-order valence-electron chi connectivity index (χ0n) is 37.8. The molecule has 0 spiro atoms. The Hall–Kier alpha value is -1.00. The molecule has 15 N–H and O–H groups in total. The Morgan fingerprint density at radius 3 is 0.701 bits per heavy atom. The van der Waals surface area contributed by atoms with E-state index in [1.165, 1.54) is 7.11 Å². The molecule has 25 atom stereocenters. The molecule has 0 aromatic heterocycles. The van der Waals surface area contributed by atoms with E-state index >= 15 is 0 Å². The van der Waals surface area contributed by atoms with Crippen LogP contribution in [0, 0.1) is 29.6 Å². The summed E-state index contributed by atoms with van der Waals surface area (Å²) in [5, 5.41) is 158. The summed E-state index contributed by atoms with van der Waals surface area (Å²) < 4.78 is 56.8. The summed E-state index contributed by atoms with van der Waals surface area (Å²) in [7, 11) is 1.40. The van der Waals surface area contributed by atoms with E-state index in [0.29, 0.717) is 6.42 Å². The van der Waals surface area contributed by atoms with E-state index < -0.39 is 178 Å². The maximum Gasteiger partial charge on any atom is 0.110 e. The molecule has 5 heterocycles. The van der Waals surface area contributed by atoms with Gasteiger partial charge in [-0.1, -0.05) is 6.92 Å². The highest BCUT2D eigenvalue weighted by Crippen LogP contribution is 2.33.